The molecule has 0 fully saturated rings. The van der Waals surface area contributed by atoms with Gasteiger partial charge in [-0.3, -0.25) is 4.79 Å². The third-order valence-corrected chi connectivity index (χ3v) is 2.97. The number of thioether (sulfide) groups is 1. The van der Waals surface area contributed by atoms with Crippen LogP contribution in [0.15, 0.2) is 29.2 Å². The first-order chi connectivity index (χ1) is 6.34. The molecule has 0 spiro atoms. The molecule has 1 aromatic heterocycles. The third kappa shape index (κ3) is 3.87. The van der Waals surface area contributed by atoms with Crippen molar-refractivity contribution in [3.8, 4) is 0 Å². The summed E-state index contributed by atoms with van der Waals surface area (Å²) in [6, 6.07) is 5.20. The van der Waals surface area contributed by atoms with Gasteiger partial charge in [-0.25, -0.2) is 0 Å². The maximum absolute atomic E-state index is 11.2. The highest BCUT2D eigenvalue weighted by atomic mass is 35.5. The lowest BCUT2D eigenvalue weighted by molar-refractivity contribution is 0.735. The van der Waals surface area contributed by atoms with E-state index in [0.29, 0.717) is 5.88 Å². The molecule has 1 rings (SSSR count). The lowest BCUT2D eigenvalue weighted by Gasteiger charge is -2.03. The summed E-state index contributed by atoms with van der Waals surface area (Å²) in [6.45, 7) is 0.765. The number of aryl methyl sites for hydroxylation is 1. The molecule has 0 amide bonds. The number of halogens is 1. The summed E-state index contributed by atoms with van der Waals surface area (Å²) in [5.74, 6) is 2.56. The van der Waals surface area contributed by atoms with Gasteiger partial charge in [0.1, 0.15) is 0 Å². The van der Waals surface area contributed by atoms with Gasteiger partial charge in [-0.1, -0.05) is 6.07 Å². The molecule has 1 heterocycles. The average molecular weight is 218 g/mol. The van der Waals surface area contributed by atoms with Crippen LogP contribution in [-0.4, -0.2) is 22.0 Å². The first-order valence-electron chi connectivity index (χ1n) is 4.14. The maximum Gasteiger partial charge on any atom is 0.250 e. The minimum Gasteiger partial charge on any atom is -0.315 e. The molecule has 1 aromatic rings. The number of alkyl halides is 1. The van der Waals surface area contributed by atoms with Crippen LogP contribution in [-0.2, 0) is 6.54 Å². The fourth-order valence-corrected chi connectivity index (χ4v) is 1.93. The number of nitrogens with zero attached hydrogens (tertiary/aromatic N) is 1. The lowest BCUT2D eigenvalue weighted by atomic mass is 10.5. The van der Waals surface area contributed by atoms with Crippen LogP contribution in [0.3, 0.4) is 0 Å². The molecule has 0 saturated heterocycles. The smallest absolute Gasteiger partial charge is 0.250 e. The minimum atomic E-state index is 0.0639. The molecule has 0 aliphatic carbocycles. The summed E-state index contributed by atoms with van der Waals surface area (Å²) in [6.07, 6.45) is 1.81. The summed E-state index contributed by atoms with van der Waals surface area (Å²) in [5, 5.41) is 0. The Morgan fingerprint density at radius 1 is 1.38 bits per heavy atom. The topological polar surface area (TPSA) is 22.0 Å². The molecule has 0 N–H and O–H groups in total. The summed E-state index contributed by atoms with van der Waals surface area (Å²) in [7, 11) is 0. The number of hydrogen-bond donors (Lipinski definition) is 0. The van der Waals surface area contributed by atoms with E-state index in [0.717, 1.165) is 18.1 Å². The van der Waals surface area contributed by atoms with Gasteiger partial charge in [0.25, 0.3) is 5.56 Å². The van der Waals surface area contributed by atoms with Gasteiger partial charge in [0.05, 0.1) is 0 Å². The molecule has 72 valence electrons. The highest BCUT2D eigenvalue weighted by Crippen LogP contribution is 2.00. The van der Waals surface area contributed by atoms with Crippen molar-refractivity contribution in [3.05, 3.63) is 34.7 Å². The molecule has 0 saturated carbocycles. The normalized spacial score (nSPS) is 10.2. The number of pyridine rings is 1. The zero-order valence-electron chi connectivity index (χ0n) is 7.28. The number of aromatic nitrogens is 1. The van der Waals surface area contributed by atoms with Gasteiger partial charge in [0, 0.05) is 36.2 Å². The Labute approximate surface area is 86.9 Å². The van der Waals surface area contributed by atoms with Gasteiger partial charge in [-0.15, -0.1) is 11.6 Å². The molecule has 0 aliphatic rings. The van der Waals surface area contributed by atoms with E-state index in [1.807, 2.05) is 12.3 Å². The minimum absolute atomic E-state index is 0.0639. The predicted octanol–water partition coefficient (Wildman–Crippen LogP) is 1.82. The zero-order valence-corrected chi connectivity index (χ0v) is 8.85. The number of rotatable bonds is 5. The second kappa shape index (κ2) is 6.11. The lowest BCUT2D eigenvalue weighted by Crippen LogP contribution is -2.18. The fourth-order valence-electron chi connectivity index (χ4n) is 0.965. The van der Waals surface area contributed by atoms with Gasteiger partial charge in [-0.2, -0.15) is 11.8 Å². The Morgan fingerprint density at radius 2 is 2.23 bits per heavy atom. The van der Waals surface area contributed by atoms with E-state index in [1.54, 1.807) is 28.5 Å². The van der Waals surface area contributed by atoms with E-state index >= 15 is 0 Å². The van der Waals surface area contributed by atoms with Crippen molar-refractivity contribution in [2.75, 3.05) is 17.4 Å². The highest BCUT2D eigenvalue weighted by Gasteiger charge is 1.93. The molecule has 13 heavy (non-hydrogen) atoms. The van der Waals surface area contributed by atoms with Crippen LogP contribution in [0.4, 0.5) is 0 Å². The Kier molecular flexibility index (Phi) is 5.01. The Morgan fingerprint density at radius 3 is 2.92 bits per heavy atom. The molecule has 0 unspecified atom stereocenters. The Hall–Kier alpha value is -0.410. The van der Waals surface area contributed by atoms with E-state index < -0.39 is 0 Å². The van der Waals surface area contributed by atoms with Crippen LogP contribution >= 0.6 is 23.4 Å². The van der Waals surface area contributed by atoms with Crippen molar-refractivity contribution in [1.82, 2.24) is 4.57 Å². The van der Waals surface area contributed by atoms with Gasteiger partial charge >= 0.3 is 0 Å². The monoisotopic (exact) mass is 217 g/mol. The van der Waals surface area contributed by atoms with Gasteiger partial charge in [0.15, 0.2) is 0 Å². The molecule has 4 heteroatoms. The molecule has 0 aliphatic heterocycles. The first kappa shape index (κ1) is 10.7. The largest absolute Gasteiger partial charge is 0.315 e. The summed E-state index contributed by atoms with van der Waals surface area (Å²) in [5.41, 5.74) is 0.0639. The average Bonchev–Trinajstić information content (AvgIpc) is 2.15. The first-order valence-corrected chi connectivity index (χ1v) is 5.82. The predicted molar refractivity (Wildman–Crippen MR) is 58.7 cm³/mol. The van der Waals surface area contributed by atoms with Crippen LogP contribution in [0, 0.1) is 0 Å². The van der Waals surface area contributed by atoms with E-state index in [1.165, 1.54) is 0 Å². The van der Waals surface area contributed by atoms with Gasteiger partial charge in [-0.05, 0) is 6.07 Å². The SMILES string of the molecule is O=c1ccccn1CCSCCCl. The molecule has 0 aromatic carbocycles. The Bertz CT molecular complexity index is 300. The van der Waals surface area contributed by atoms with Crippen LogP contribution < -0.4 is 5.56 Å². The van der Waals surface area contributed by atoms with E-state index in [2.05, 4.69) is 0 Å². The second-order valence-corrected chi connectivity index (χ2v) is 4.14. The summed E-state index contributed by atoms with van der Waals surface area (Å²) in [4.78, 5) is 11.2. The highest BCUT2D eigenvalue weighted by molar-refractivity contribution is 7.99. The second-order valence-electron chi connectivity index (χ2n) is 2.53. The molecular weight excluding hydrogens is 206 g/mol. The third-order valence-electron chi connectivity index (χ3n) is 1.60. The molecule has 0 atom stereocenters. The molecular formula is C9H12ClNOS. The quantitative estimate of drug-likeness (QED) is 0.555. The Balaban J connectivity index is 2.37. The van der Waals surface area contributed by atoms with Crippen LogP contribution in [0.1, 0.15) is 0 Å². The van der Waals surface area contributed by atoms with Crippen molar-refractivity contribution in [2.24, 2.45) is 0 Å². The van der Waals surface area contributed by atoms with E-state index in [9.17, 15) is 4.79 Å². The van der Waals surface area contributed by atoms with E-state index in [4.69, 9.17) is 11.6 Å². The zero-order chi connectivity index (χ0) is 9.52. The van der Waals surface area contributed by atoms with Crippen molar-refractivity contribution in [3.63, 3.8) is 0 Å². The van der Waals surface area contributed by atoms with Crippen molar-refractivity contribution >= 4 is 23.4 Å². The summed E-state index contributed by atoms with van der Waals surface area (Å²) >= 11 is 7.29. The van der Waals surface area contributed by atoms with Crippen LogP contribution in [0.5, 0.6) is 0 Å². The number of hydrogen-bond acceptors (Lipinski definition) is 2. The molecule has 2 nitrogen and oxygen atoms in total. The van der Waals surface area contributed by atoms with Crippen LogP contribution in [0.25, 0.3) is 0 Å². The molecule has 0 bridgehead atoms. The fraction of sp³-hybridized carbons (Fsp3) is 0.444. The van der Waals surface area contributed by atoms with Crippen molar-refractivity contribution in [1.29, 1.82) is 0 Å². The standard InChI is InChI=1S/C9H12ClNOS/c10-4-7-13-8-6-11-5-2-1-3-9(11)12/h1-3,5H,4,6-8H2. The molecule has 0 radical (unpaired) electrons. The summed E-state index contributed by atoms with van der Waals surface area (Å²) < 4.78 is 1.71. The van der Waals surface area contributed by atoms with Crippen LogP contribution in [0.2, 0.25) is 0 Å². The maximum atomic E-state index is 11.2. The van der Waals surface area contributed by atoms with E-state index in [-0.39, 0.29) is 5.56 Å². The van der Waals surface area contributed by atoms with Crippen molar-refractivity contribution < 1.29 is 0 Å². The van der Waals surface area contributed by atoms with Gasteiger partial charge < -0.3 is 4.57 Å². The van der Waals surface area contributed by atoms with Gasteiger partial charge in [0.2, 0.25) is 0 Å². The van der Waals surface area contributed by atoms with Crippen molar-refractivity contribution in [2.45, 2.75) is 6.54 Å².